The lowest BCUT2D eigenvalue weighted by molar-refractivity contribution is 0.0992. The summed E-state index contributed by atoms with van der Waals surface area (Å²) in [5, 5.41) is 0. The van der Waals surface area contributed by atoms with Gasteiger partial charge in [-0.25, -0.2) is 4.79 Å². The molecule has 0 aliphatic carbocycles. The van der Waals surface area contributed by atoms with Crippen LogP contribution in [0.2, 0.25) is 0 Å². The molecule has 0 saturated carbocycles. The number of H-pyrrole nitrogens is 2. The summed E-state index contributed by atoms with van der Waals surface area (Å²) in [5.74, 6) is -0.164. The van der Waals surface area contributed by atoms with E-state index in [2.05, 4.69) is 9.97 Å². The maximum atomic E-state index is 11.8. The van der Waals surface area contributed by atoms with Crippen LogP contribution in [-0.4, -0.2) is 34.0 Å². The number of carbonyl (C=O) groups is 1. The molecule has 0 bridgehead atoms. The average Bonchev–Trinajstić information content (AvgIpc) is 2.42. The Bertz CT molecular complexity index is 739. The standard InChI is InChI=1S/C12H10N2O3.B.HO3P/c15-10(8-4-2-1-3-5-8)6-9-7-13-12(17)14-11(9)16;;1-4(2)3/h1-5,7H,6H2,(H2,13,14,16,17);;(H-,1,2,3)/p+1. The monoisotopic (exact) mass is 322 g/mol. The molecule has 2 rings (SSSR count). The predicted molar refractivity (Wildman–Crippen MR) is 80.0 cm³/mol. The zero-order valence-electron chi connectivity index (χ0n) is 11.2. The summed E-state index contributed by atoms with van der Waals surface area (Å²) >= 11 is 0. The van der Waals surface area contributed by atoms with Gasteiger partial charge in [-0.05, 0) is 0 Å². The van der Waals surface area contributed by atoms with Gasteiger partial charge in [0.1, 0.15) is 0 Å². The van der Waals surface area contributed by atoms with Crippen LogP contribution in [0.1, 0.15) is 15.9 Å². The minimum Gasteiger partial charge on any atom is -0.314 e. The van der Waals surface area contributed by atoms with Gasteiger partial charge < -0.3 is 4.98 Å². The molecule has 1 aromatic heterocycles. The smallest absolute Gasteiger partial charge is 0.314 e. The molecule has 113 valence electrons. The van der Waals surface area contributed by atoms with Gasteiger partial charge in [0.25, 0.3) is 5.56 Å². The first-order valence-corrected chi connectivity index (χ1v) is 6.81. The number of nitrogens with one attached hydrogen (secondary N) is 2. The van der Waals surface area contributed by atoms with Gasteiger partial charge in [-0.3, -0.25) is 14.6 Å². The second-order valence-corrected chi connectivity index (χ2v) is 4.32. The molecule has 8 nitrogen and oxygen atoms in total. The third kappa shape index (κ3) is 6.89. The number of Topliss-reactive ketones (excluding diaryl/α,β-unsaturated/α-hetero) is 1. The van der Waals surface area contributed by atoms with E-state index in [1.165, 1.54) is 6.20 Å². The van der Waals surface area contributed by atoms with Crippen molar-refractivity contribution in [1.29, 1.82) is 0 Å². The normalized spacial score (nSPS) is 9.00. The Labute approximate surface area is 127 Å². The molecule has 0 unspecified atom stereocenters. The van der Waals surface area contributed by atoms with Gasteiger partial charge in [0, 0.05) is 36.7 Å². The first kappa shape index (κ1) is 19.7. The zero-order valence-corrected chi connectivity index (χ0v) is 12.1. The number of aromatic nitrogens is 2. The van der Waals surface area contributed by atoms with E-state index in [0.717, 1.165) is 0 Å². The van der Waals surface area contributed by atoms with Gasteiger partial charge >= 0.3 is 13.9 Å². The molecule has 0 aliphatic rings. The highest BCUT2D eigenvalue weighted by atomic mass is 31.1. The first-order chi connectivity index (χ1) is 9.90. The van der Waals surface area contributed by atoms with Crippen LogP contribution in [0, 0.1) is 0 Å². The second-order valence-electron chi connectivity index (χ2n) is 3.82. The number of ketones is 1. The van der Waals surface area contributed by atoms with Crippen molar-refractivity contribution in [2.24, 2.45) is 0 Å². The molecule has 0 saturated heterocycles. The van der Waals surface area contributed by atoms with E-state index in [1.807, 2.05) is 6.07 Å². The van der Waals surface area contributed by atoms with Crippen molar-refractivity contribution in [3.8, 4) is 0 Å². The molecule has 0 aliphatic heterocycles. The predicted octanol–water partition coefficient (Wildman–Crippen LogP) is -0.264. The molecule has 4 N–H and O–H groups in total. The van der Waals surface area contributed by atoms with Gasteiger partial charge in [-0.2, -0.15) is 0 Å². The fraction of sp³-hybridized carbons (Fsp3) is 0.0833. The van der Waals surface area contributed by atoms with E-state index >= 15 is 0 Å². The Hall–Kier alpha value is -2.35. The maximum Gasteiger partial charge on any atom is 0.692 e. The Kier molecular flexibility index (Phi) is 8.55. The summed E-state index contributed by atoms with van der Waals surface area (Å²) < 4.78 is 8.70. The van der Waals surface area contributed by atoms with Crippen molar-refractivity contribution in [2.45, 2.75) is 6.42 Å². The first-order valence-electron chi connectivity index (χ1n) is 5.64. The van der Waals surface area contributed by atoms with Crippen LogP contribution in [0.4, 0.5) is 0 Å². The number of hydrogen-bond donors (Lipinski definition) is 4. The summed E-state index contributed by atoms with van der Waals surface area (Å²) in [6.45, 7) is 0. The number of rotatable bonds is 3. The number of hydrogen-bond acceptors (Lipinski definition) is 4. The van der Waals surface area contributed by atoms with Crippen LogP contribution >= 0.6 is 8.25 Å². The summed E-state index contributed by atoms with van der Waals surface area (Å²) in [5.41, 5.74) is -0.319. The van der Waals surface area contributed by atoms with Crippen molar-refractivity contribution in [3.05, 3.63) is 68.5 Å². The Morgan fingerprint density at radius 1 is 1.14 bits per heavy atom. The van der Waals surface area contributed by atoms with Gasteiger partial charge in [0.05, 0.1) is 0 Å². The minimum atomic E-state index is -2.87. The molecular formula is C12H12BN2O6P+. The van der Waals surface area contributed by atoms with Crippen molar-refractivity contribution in [2.75, 3.05) is 0 Å². The summed E-state index contributed by atoms with van der Waals surface area (Å²) in [7, 11) is -2.87. The Balaban J connectivity index is 0.000000791. The van der Waals surface area contributed by atoms with Crippen LogP contribution in [0.15, 0.2) is 46.1 Å². The molecular weight excluding hydrogens is 310 g/mol. The molecule has 10 heteroatoms. The second kappa shape index (κ2) is 9.57. The highest BCUT2D eigenvalue weighted by molar-refractivity contribution is 7.30. The van der Waals surface area contributed by atoms with Gasteiger partial charge in [-0.1, -0.05) is 30.3 Å². The number of benzene rings is 1. The van der Waals surface area contributed by atoms with Gasteiger partial charge in [0.2, 0.25) is 0 Å². The van der Waals surface area contributed by atoms with Crippen molar-refractivity contribution >= 4 is 22.5 Å². The van der Waals surface area contributed by atoms with Crippen molar-refractivity contribution in [3.63, 3.8) is 0 Å². The van der Waals surface area contributed by atoms with Crippen LogP contribution in [0.3, 0.4) is 0 Å². The van der Waals surface area contributed by atoms with Crippen LogP contribution < -0.4 is 11.2 Å². The molecule has 2 aromatic rings. The number of carbonyl (C=O) groups excluding carboxylic acids is 1. The minimum absolute atomic E-state index is 0. The zero-order chi connectivity index (χ0) is 15.8. The lowest BCUT2D eigenvalue weighted by Crippen LogP contribution is -2.25. The SMILES string of the molecule is O=C(Cc1c[nH]c(=O)[nH]c1=O)c1ccccc1.O=[P+](O)O.[B]. The molecule has 3 radical (unpaired) electrons. The lowest BCUT2D eigenvalue weighted by Gasteiger charge is -1.99. The Morgan fingerprint density at radius 2 is 1.68 bits per heavy atom. The van der Waals surface area contributed by atoms with Crippen molar-refractivity contribution in [1.82, 2.24) is 9.97 Å². The summed E-state index contributed by atoms with van der Waals surface area (Å²) in [4.78, 5) is 52.6. The highest BCUT2D eigenvalue weighted by Gasteiger charge is 2.09. The molecule has 0 atom stereocenters. The quantitative estimate of drug-likeness (QED) is 0.348. The fourth-order valence-electron chi connectivity index (χ4n) is 1.47. The Morgan fingerprint density at radius 3 is 2.18 bits per heavy atom. The van der Waals surface area contributed by atoms with Crippen LogP contribution in [0.5, 0.6) is 0 Å². The van der Waals surface area contributed by atoms with Gasteiger partial charge in [-0.15, -0.1) is 9.79 Å². The van der Waals surface area contributed by atoms with E-state index in [4.69, 9.17) is 14.4 Å². The number of aromatic amines is 2. The van der Waals surface area contributed by atoms with E-state index in [0.29, 0.717) is 5.56 Å². The van der Waals surface area contributed by atoms with Crippen molar-refractivity contribution < 1.29 is 19.1 Å². The topological polar surface area (TPSA) is 140 Å². The lowest BCUT2D eigenvalue weighted by atomic mass is 10.1. The van der Waals surface area contributed by atoms with E-state index in [9.17, 15) is 14.4 Å². The molecule has 22 heavy (non-hydrogen) atoms. The van der Waals surface area contributed by atoms with Crippen LogP contribution in [0.25, 0.3) is 0 Å². The molecule has 1 heterocycles. The fourth-order valence-corrected chi connectivity index (χ4v) is 1.47. The molecule has 0 fully saturated rings. The third-order valence-corrected chi connectivity index (χ3v) is 2.34. The highest BCUT2D eigenvalue weighted by Crippen LogP contribution is 2.03. The molecule has 0 amide bonds. The van der Waals surface area contributed by atoms with E-state index in [1.54, 1.807) is 24.3 Å². The van der Waals surface area contributed by atoms with E-state index < -0.39 is 19.5 Å². The average molecular weight is 322 g/mol. The summed E-state index contributed by atoms with van der Waals surface area (Å²) in [6, 6.07) is 8.68. The molecule has 0 spiro atoms. The molecule has 1 aromatic carbocycles. The maximum absolute atomic E-state index is 11.8. The third-order valence-electron chi connectivity index (χ3n) is 2.34. The van der Waals surface area contributed by atoms with Gasteiger partial charge in [0.15, 0.2) is 5.78 Å². The summed E-state index contributed by atoms with van der Waals surface area (Å²) in [6.07, 6.45) is 1.23. The van der Waals surface area contributed by atoms with E-state index in [-0.39, 0.29) is 26.2 Å². The van der Waals surface area contributed by atoms with Crippen LogP contribution in [-0.2, 0) is 11.0 Å². The largest absolute Gasteiger partial charge is 0.692 e.